The molecule has 2 aromatic rings. The van der Waals surface area contributed by atoms with Crippen LogP contribution >= 0.6 is 0 Å². The first-order chi connectivity index (χ1) is 11.9. The maximum Gasteiger partial charge on any atom is 0.159 e. The van der Waals surface area contributed by atoms with Gasteiger partial charge in [-0.15, -0.1) is 0 Å². The first-order valence-electron chi connectivity index (χ1n) is 10.0. The molecule has 25 heavy (non-hydrogen) atoms. The van der Waals surface area contributed by atoms with E-state index >= 15 is 0 Å². The van der Waals surface area contributed by atoms with E-state index < -0.39 is 0 Å². The van der Waals surface area contributed by atoms with Crippen LogP contribution < -0.4 is 0 Å². The smallest absolute Gasteiger partial charge is 0.159 e. The minimum absolute atomic E-state index is 0.991. The molecule has 0 aliphatic carbocycles. The van der Waals surface area contributed by atoms with Crippen LogP contribution in [0.2, 0.25) is 0 Å². The molecule has 0 spiro atoms. The standard InChI is InChI=1S/C22H38N2O/c1-6-23(3,4)16-12-8-9-13-17-24(5,7-2)19-21-18-20-14-10-11-15-22(20)25-21/h10-11,14-15,18H,6-9,12-13,16-17,19H2,1-5H3/q+2/t24-/m1/s1. The fourth-order valence-corrected chi connectivity index (χ4v) is 3.39. The van der Waals surface area contributed by atoms with Crippen molar-refractivity contribution in [2.45, 2.75) is 46.1 Å². The van der Waals surface area contributed by atoms with Gasteiger partial charge in [0.25, 0.3) is 0 Å². The monoisotopic (exact) mass is 346 g/mol. The zero-order valence-corrected chi connectivity index (χ0v) is 17.1. The van der Waals surface area contributed by atoms with Crippen LogP contribution in [0, 0.1) is 0 Å². The lowest BCUT2D eigenvalue weighted by Crippen LogP contribution is -2.43. The minimum atomic E-state index is 0.991. The number of hydrogen-bond donors (Lipinski definition) is 0. The number of quaternary nitrogens is 2. The Morgan fingerprint density at radius 3 is 2.16 bits per heavy atom. The van der Waals surface area contributed by atoms with E-state index in [0.29, 0.717) is 0 Å². The summed E-state index contributed by atoms with van der Waals surface area (Å²) >= 11 is 0. The second kappa shape index (κ2) is 8.86. The van der Waals surface area contributed by atoms with Gasteiger partial charge in [-0.3, -0.25) is 0 Å². The highest BCUT2D eigenvalue weighted by Gasteiger charge is 2.21. The van der Waals surface area contributed by atoms with E-state index in [1.165, 1.54) is 50.7 Å². The average molecular weight is 347 g/mol. The lowest BCUT2D eigenvalue weighted by Gasteiger charge is -2.32. The van der Waals surface area contributed by atoms with E-state index in [9.17, 15) is 0 Å². The molecule has 0 N–H and O–H groups in total. The number of benzene rings is 1. The van der Waals surface area contributed by atoms with Gasteiger partial charge < -0.3 is 13.4 Å². The number of fused-ring (bicyclic) bond motifs is 1. The van der Waals surface area contributed by atoms with Gasteiger partial charge in [-0.25, -0.2) is 0 Å². The van der Waals surface area contributed by atoms with Crippen LogP contribution in [0.3, 0.4) is 0 Å². The van der Waals surface area contributed by atoms with Crippen LogP contribution in [0.4, 0.5) is 0 Å². The van der Waals surface area contributed by atoms with E-state index in [1.807, 2.05) is 6.07 Å². The van der Waals surface area contributed by atoms with Crippen molar-refractivity contribution >= 4 is 11.0 Å². The molecule has 0 aliphatic rings. The first kappa shape index (κ1) is 20.0. The molecule has 0 amide bonds. The predicted molar refractivity (Wildman–Crippen MR) is 107 cm³/mol. The lowest BCUT2D eigenvalue weighted by molar-refractivity contribution is -0.922. The van der Waals surface area contributed by atoms with Crippen LogP contribution in [-0.4, -0.2) is 56.3 Å². The number of rotatable bonds is 11. The maximum absolute atomic E-state index is 6.04. The SMILES string of the molecule is CC[N+](C)(C)CCCCCC[N@@+](C)(CC)Cc1cc2ccccc2o1. The van der Waals surface area contributed by atoms with Gasteiger partial charge in [0.2, 0.25) is 0 Å². The van der Waals surface area contributed by atoms with Crippen molar-refractivity contribution in [1.29, 1.82) is 0 Å². The minimum Gasteiger partial charge on any atom is -0.455 e. The Kier molecular flexibility index (Phi) is 7.09. The number of unbranched alkanes of at least 4 members (excludes halogenated alkanes) is 3. The maximum atomic E-state index is 6.04. The summed E-state index contributed by atoms with van der Waals surface area (Å²) in [7, 11) is 7.03. The molecule has 0 fully saturated rings. The van der Waals surface area contributed by atoms with Gasteiger partial charge >= 0.3 is 0 Å². The molecular formula is C22H38N2O+2. The van der Waals surface area contributed by atoms with Crippen molar-refractivity contribution in [2.24, 2.45) is 0 Å². The van der Waals surface area contributed by atoms with Crippen molar-refractivity contribution in [3.8, 4) is 0 Å². The number of para-hydroxylation sites is 1. The van der Waals surface area contributed by atoms with Gasteiger partial charge in [-0.2, -0.15) is 0 Å². The number of furan rings is 1. The third-order valence-electron chi connectivity index (χ3n) is 5.85. The molecule has 0 saturated carbocycles. The molecule has 140 valence electrons. The zero-order chi connectivity index (χ0) is 18.3. The molecule has 0 aliphatic heterocycles. The van der Waals surface area contributed by atoms with Crippen molar-refractivity contribution < 1.29 is 13.4 Å². The van der Waals surface area contributed by atoms with Gasteiger partial charge in [0.05, 0.1) is 47.3 Å². The molecule has 1 heterocycles. The van der Waals surface area contributed by atoms with Crippen LogP contribution in [0.15, 0.2) is 34.7 Å². The largest absolute Gasteiger partial charge is 0.455 e. The molecule has 1 atom stereocenters. The first-order valence-corrected chi connectivity index (χ1v) is 10.0. The van der Waals surface area contributed by atoms with Gasteiger partial charge in [-0.05, 0) is 51.7 Å². The fourth-order valence-electron chi connectivity index (χ4n) is 3.39. The summed E-state index contributed by atoms with van der Waals surface area (Å²) in [5, 5.41) is 1.22. The fraction of sp³-hybridized carbons (Fsp3) is 0.636. The van der Waals surface area contributed by atoms with E-state index in [-0.39, 0.29) is 0 Å². The highest BCUT2D eigenvalue weighted by atomic mass is 16.3. The van der Waals surface area contributed by atoms with Crippen molar-refractivity contribution in [3.63, 3.8) is 0 Å². The van der Waals surface area contributed by atoms with Crippen molar-refractivity contribution in [1.82, 2.24) is 0 Å². The average Bonchev–Trinajstić information content (AvgIpc) is 2.99. The zero-order valence-electron chi connectivity index (χ0n) is 17.1. The Bertz CT molecular complexity index is 613. The van der Waals surface area contributed by atoms with Crippen LogP contribution in [-0.2, 0) is 6.54 Å². The summed E-state index contributed by atoms with van der Waals surface area (Å²) in [6, 6.07) is 10.5. The third kappa shape index (κ3) is 6.16. The predicted octanol–water partition coefficient (Wildman–Crippen LogP) is 5.06. The molecule has 0 saturated heterocycles. The molecule has 3 heteroatoms. The number of nitrogens with zero attached hydrogens (tertiary/aromatic N) is 2. The topological polar surface area (TPSA) is 13.1 Å². The van der Waals surface area contributed by atoms with Crippen molar-refractivity contribution in [3.05, 3.63) is 36.1 Å². The van der Waals surface area contributed by atoms with Crippen LogP contribution in [0.5, 0.6) is 0 Å². The van der Waals surface area contributed by atoms with Gasteiger partial charge in [0, 0.05) is 5.39 Å². The molecule has 0 bridgehead atoms. The van der Waals surface area contributed by atoms with E-state index in [1.54, 1.807) is 0 Å². The van der Waals surface area contributed by atoms with Crippen LogP contribution in [0.25, 0.3) is 11.0 Å². The second-order valence-corrected chi connectivity index (χ2v) is 8.46. The molecule has 1 aromatic heterocycles. The lowest BCUT2D eigenvalue weighted by atomic mass is 10.1. The summed E-state index contributed by atoms with van der Waals surface area (Å²) in [6.07, 6.45) is 5.36. The third-order valence-corrected chi connectivity index (χ3v) is 5.85. The molecule has 0 unspecified atom stereocenters. The Balaban J connectivity index is 1.78. The highest BCUT2D eigenvalue weighted by Crippen LogP contribution is 2.22. The quantitative estimate of drug-likeness (QED) is 0.410. The summed E-state index contributed by atoms with van der Waals surface area (Å²) in [4.78, 5) is 0. The van der Waals surface area contributed by atoms with Gasteiger partial charge in [0.1, 0.15) is 12.1 Å². The van der Waals surface area contributed by atoms with E-state index in [4.69, 9.17) is 4.42 Å². The second-order valence-electron chi connectivity index (χ2n) is 8.46. The Morgan fingerprint density at radius 2 is 1.52 bits per heavy atom. The van der Waals surface area contributed by atoms with Gasteiger partial charge in [0.15, 0.2) is 5.76 Å². The Labute approximate surface area is 154 Å². The van der Waals surface area contributed by atoms with E-state index in [0.717, 1.165) is 33.4 Å². The Hall–Kier alpha value is -1.32. The summed E-state index contributed by atoms with van der Waals surface area (Å²) < 4.78 is 8.26. The summed E-state index contributed by atoms with van der Waals surface area (Å²) in [5.41, 5.74) is 1.01. The van der Waals surface area contributed by atoms with Crippen molar-refractivity contribution in [2.75, 3.05) is 47.3 Å². The summed E-state index contributed by atoms with van der Waals surface area (Å²) in [5.74, 6) is 1.12. The van der Waals surface area contributed by atoms with Crippen LogP contribution in [0.1, 0.15) is 45.3 Å². The highest BCUT2D eigenvalue weighted by molar-refractivity contribution is 5.77. The molecule has 3 nitrogen and oxygen atoms in total. The Morgan fingerprint density at radius 1 is 0.840 bits per heavy atom. The number of hydrogen-bond acceptors (Lipinski definition) is 1. The molecule has 1 aromatic carbocycles. The van der Waals surface area contributed by atoms with E-state index in [2.05, 4.69) is 59.3 Å². The molecular weight excluding hydrogens is 308 g/mol. The van der Waals surface area contributed by atoms with Gasteiger partial charge in [-0.1, -0.05) is 18.2 Å². The molecule has 2 rings (SSSR count). The molecule has 0 radical (unpaired) electrons. The summed E-state index contributed by atoms with van der Waals surface area (Å²) in [6.45, 7) is 10.5. The normalized spacial score (nSPS) is 14.8.